The number of hydrogen-bond acceptors (Lipinski definition) is 4. The summed E-state index contributed by atoms with van der Waals surface area (Å²) in [5.74, 6) is 0.681. The summed E-state index contributed by atoms with van der Waals surface area (Å²) in [4.78, 5) is 2.57. The number of benzene rings is 1. The van der Waals surface area contributed by atoms with Crippen molar-refractivity contribution in [3.63, 3.8) is 0 Å². The number of nitrogens with two attached hydrogens (primary N) is 1. The zero-order valence-electron chi connectivity index (χ0n) is 12.2. The molecule has 0 aromatic heterocycles. The molecule has 1 aromatic carbocycles. The zero-order chi connectivity index (χ0) is 14.8. The Balaban J connectivity index is 2.37. The van der Waals surface area contributed by atoms with E-state index in [1.54, 1.807) is 12.1 Å². The molecule has 0 saturated carbocycles. The van der Waals surface area contributed by atoms with Crippen molar-refractivity contribution in [2.24, 2.45) is 11.7 Å². The number of sulfone groups is 1. The molecular weight excluding hydrogens is 272 g/mol. The van der Waals surface area contributed by atoms with E-state index < -0.39 is 9.84 Å². The molecule has 0 radical (unpaired) electrons. The van der Waals surface area contributed by atoms with Crippen LogP contribution in [0, 0.1) is 5.92 Å². The van der Waals surface area contributed by atoms with Gasteiger partial charge in [0, 0.05) is 19.1 Å². The average Bonchev–Trinajstić information content (AvgIpc) is 2.37. The van der Waals surface area contributed by atoms with Crippen LogP contribution in [0.3, 0.4) is 0 Å². The minimum atomic E-state index is -3.21. The average molecular weight is 296 g/mol. The Hall–Kier alpha value is -1.07. The van der Waals surface area contributed by atoms with E-state index in [0.717, 1.165) is 25.2 Å². The number of anilines is 1. The topological polar surface area (TPSA) is 63.4 Å². The van der Waals surface area contributed by atoms with Crippen molar-refractivity contribution in [3.8, 4) is 0 Å². The van der Waals surface area contributed by atoms with E-state index in [1.165, 1.54) is 0 Å². The second-order valence-corrected chi connectivity index (χ2v) is 7.87. The standard InChI is InChI=1S/C15H24N2O2S/c1-3-8-20(18,19)15-7-5-4-6-14(15)17-10-12(2)9-13(16)11-17/h4-7,12-13H,3,8-11,16H2,1-2H3. The molecule has 1 aliphatic rings. The summed E-state index contributed by atoms with van der Waals surface area (Å²) >= 11 is 0. The molecular formula is C15H24N2O2S. The Morgan fingerprint density at radius 1 is 1.30 bits per heavy atom. The van der Waals surface area contributed by atoms with Gasteiger partial charge in [-0.25, -0.2) is 8.42 Å². The SMILES string of the molecule is CCCS(=O)(=O)c1ccccc1N1CC(C)CC(N)C1. The third kappa shape index (κ3) is 3.33. The van der Waals surface area contributed by atoms with Crippen LogP contribution in [0.15, 0.2) is 29.2 Å². The van der Waals surface area contributed by atoms with Gasteiger partial charge in [-0.05, 0) is 30.9 Å². The van der Waals surface area contributed by atoms with E-state index in [-0.39, 0.29) is 11.8 Å². The fraction of sp³-hybridized carbons (Fsp3) is 0.600. The van der Waals surface area contributed by atoms with E-state index in [9.17, 15) is 8.42 Å². The van der Waals surface area contributed by atoms with Crippen LogP contribution in [-0.4, -0.2) is 33.3 Å². The molecule has 0 amide bonds. The maximum atomic E-state index is 12.4. The molecule has 0 spiro atoms. The smallest absolute Gasteiger partial charge is 0.180 e. The lowest BCUT2D eigenvalue weighted by Gasteiger charge is -2.37. The third-order valence-corrected chi connectivity index (χ3v) is 5.67. The number of para-hydroxylation sites is 1. The summed E-state index contributed by atoms with van der Waals surface area (Å²) in [5.41, 5.74) is 6.89. The molecule has 20 heavy (non-hydrogen) atoms. The summed E-state index contributed by atoms with van der Waals surface area (Å²) in [6.45, 7) is 5.64. The lowest BCUT2D eigenvalue weighted by Crippen LogP contribution is -2.46. The summed E-state index contributed by atoms with van der Waals surface area (Å²) < 4.78 is 24.8. The number of piperidine rings is 1. The summed E-state index contributed by atoms with van der Waals surface area (Å²) in [6.07, 6.45) is 1.63. The summed E-state index contributed by atoms with van der Waals surface area (Å²) in [5, 5.41) is 0. The minimum absolute atomic E-state index is 0.112. The van der Waals surface area contributed by atoms with Crippen molar-refractivity contribution in [2.45, 2.75) is 37.6 Å². The van der Waals surface area contributed by atoms with Crippen LogP contribution in [0.4, 0.5) is 5.69 Å². The highest BCUT2D eigenvalue weighted by Gasteiger charge is 2.26. The minimum Gasteiger partial charge on any atom is -0.369 e. The van der Waals surface area contributed by atoms with E-state index in [1.807, 2.05) is 19.1 Å². The van der Waals surface area contributed by atoms with Crippen LogP contribution >= 0.6 is 0 Å². The Labute approximate surface area is 121 Å². The van der Waals surface area contributed by atoms with Crippen LogP contribution in [0.2, 0.25) is 0 Å². The monoisotopic (exact) mass is 296 g/mol. The van der Waals surface area contributed by atoms with Gasteiger partial charge in [0.05, 0.1) is 16.3 Å². The quantitative estimate of drug-likeness (QED) is 0.923. The van der Waals surface area contributed by atoms with Crippen molar-refractivity contribution in [3.05, 3.63) is 24.3 Å². The molecule has 1 heterocycles. The van der Waals surface area contributed by atoms with Crippen molar-refractivity contribution in [1.29, 1.82) is 0 Å². The van der Waals surface area contributed by atoms with E-state index in [2.05, 4.69) is 11.8 Å². The summed E-state index contributed by atoms with van der Waals surface area (Å²) in [6, 6.07) is 7.41. The first-order valence-electron chi connectivity index (χ1n) is 7.26. The zero-order valence-corrected chi connectivity index (χ0v) is 13.1. The normalized spacial score (nSPS) is 23.9. The van der Waals surface area contributed by atoms with Crippen LogP contribution < -0.4 is 10.6 Å². The van der Waals surface area contributed by atoms with Gasteiger partial charge in [0.25, 0.3) is 0 Å². The number of nitrogens with zero attached hydrogens (tertiary/aromatic N) is 1. The highest BCUT2D eigenvalue weighted by atomic mass is 32.2. The predicted molar refractivity (Wildman–Crippen MR) is 82.8 cm³/mol. The van der Waals surface area contributed by atoms with Gasteiger partial charge in [0.2, 0.25) is 0 Å². The molecule has 2 N–H and O–H groups in total. The van der Waals surface area contributed by atoms with Crippen LogP contribution in [0.25, 0.3) is 0 Å². The lowest BCUT2D eigenvalue weighted by atomic mass is 9.96. The van der Waals surface area contributed by atoms with Gasteiger partial charge >= 0.3 is 0 Å². The van der Waals surface area contributed by atoms with Gasteiger partial charge in [-0.15, -0.1) is 0 Å². The van der Waals surface area contributed by atoms with Gasteiger partial charge in [0.15, 0.2) is 9.84 Å². The Morgan fingerprint density at radius 2 is 2.00 bits per heavy atom. The molecule has 0 bridgehead atoms. The van der Waals surface area contributed by atoms with Crippen LogP contribution in [0.1, 0.15) is 26.7 Å². The molecule has 5 heteroatoms. The highest BCUT2D eigenvalue weighted by molar-refractivity contribution is 7.91. The Morgan fingerprint density at radius 3 is 2.65 bits per heavy atom. The number of hydrogen-bond donors (Lipinski definition) is 1. The first kappa shape index (κ1) is 15.3. The molecule has 1 fully saturated rings. The van der Waals surface area contributed by atoms with Crippen molar-refractivity contribution in [2.75, 3.05) is 23.7 Å². The van der Waals surface area contributed by atoms with E-state index >= 15 is 0 Å². The van der Waals surface area contributed by atoms with Crippen LogP contribution in [0.5, 0.6) is 0 Å². The van der Waals surface area contributed by atoms with Crippen LogP contribution in [-0.2, 0) is 9.84 Å². The van der Waals surface area contributed by atoms with Gasteiger partial charge in [-0.1, -0.05) is 26.0 Å². The van der Waals surface area contributed by atoms with Gasteiger partial charge < -0.3 is 10.6 Å². The first-order chi connectivity index (χ1) is 9.44. The van der Waals surface area contributed by atoms with Crippen molar-refractivity contribution in [1.82, 2.24) is 0 Å². The fourth-order valence-corrected chi connectivity index (χ4v) is 4.52. The van der Waals surface area contributed by atoms with Gasteiger partial charge in [-0.3, -0.25) is 0 Å². The Kier molecular flexibility index (Phi) is 4.70. The van der Waals surface area contributed by atoms with Gasteiger partial charge in [0.1, 0.15) is 0 Å². The fourth-order valence-electron chi connectivity index (χ4n) is 2.96. The molecule has 0 aliphatic carbocycles. The van der Waals surface area contributed by atoms with Gasteiger partial charge in [-0.2, -0.15) is 0 Å². The second-order valence-electron chi connectivity index (χ2n) is 5.79. The maximum absolute atomic E-state index is 12.4. The molecule has 2 atom stereocenters. The molecule has 2 unspecified atom stereocenters. The lowest BCUT2D eigenvalue weighted by molar-refractivity contribution is 0.400. The molecule has 1 aliphatic heterocycles. The predicted octanol–water partition coefficient (Wildman–Crippen LogP) is 2.04. The molecule has 1 aromatic rings. The Bertz CT molecular complexity index is 547. The molecule has 4 nitrogen and oxygen atoms in total. The molecule has 2 rings (SSSR count). The van der Waals surface area contributed by atoms with Crippen molar-refractivity contribution < 1.29 is 8.42 Å². The third-order valence-electron chi connectivity index (χ3n) is 3.71. The second kappa shape index (κ2) is 6.14. The number of rotatable bonds is 4. The van der Waals surface area contributed by atoms with Crippen molar-refractivity contribution >= 4 is 15.5 Å². The molecule has 1 saturated heterocycles. The largest absolute Gasteiger partial charge is 0.369 e. The maximum Gasteiger partial charge on any atom is 0.180 e. The van der Waals surface area contributed by atoms with E-state index in [4.69, 9.17) is 5.73 Å². The molecule has 112 valence electrons. The first-order valence-corrected chi connectivity index (χ1v) is 8.91. The van der Waals surface area contributed by atoms with E-state index in [0.29, 0.717) is 17.2 Å². The summed E-state index contributed by atoms with van der Waals surface area (Å²) in [7, 11) is -3.21. The highest BCUT2D eigenvalue weighted by Crippen LogP contribution is 2.29.